The molecule has 0 aliphatic heterocycles. The van der Waals surface area contributed by atoms with Gasteiger partial charge in [-0.1, -0.05) is 19.4 Å². The van der Waals surface area contributed by atoms with Crippen molar-refractivity contribution in [1.82, 2.24) is 5.32 Å². The second-order valence-corrected chi connectivity index (χ2v) is 4.58. The van der Waals surface area contributed by atoms with Gasteiger partial charge in [0.1, 0.15) is 6.10 Å². The van der Waals surface area contributed by atoms with Crippen molar-refractivity contribution in [1.29, 1.82) is 0 Å². The molecule has 0 heterocycles. The minimum Gasteiger partial charge on any atom is -0.486 e. The van der Waals surface area contributed by atoms with E-state index in [9.17, 15) is 8.78 Å². The summed E-state index contributed by atoms with van der Waals surface area (Å²) in [4.78, 5) is 0. The van der Waals surface area contributed by atoms with Crippen LogP contribution < -0.4 is 10.1 Å². The Morgan fingerprint density at radius 2 is 2.00 bits per heavy atom. The Labute approximate surface area is 107 Å². The van der Waals surface area contributed by atoms with Crippen molar-refractivity contribution in [3.05, 3.63) is 29.8 Å². The molecule has 1 rings (SSSR count). The van der Waals surface area contributed by atoms with Gasteiger partial charge in [0, 0.05) is 12.6 Å². The first-order valence-electron chi connectivity index (χ1n) is 6.38. The van der Waals surface area contributed by atoms with E-state index in [4.69, 9.17) is 4.74 Å². The highest BCUT2D eigenvalue weighted by atomic mass is 19.2. The standard InChI is InChI=1S/C14H21F2NO/c1-4-6-10(2)17-9-11(3)18-13-8-5-7-12(15)14(13)16/h5,7-8,10-11,17H,4,6,9H2,1-3H3. The fourth-order valence-corrected chi connectivity index (χ4v) is 1.74. The molecule has 0 amide bonds. The minimum atomic E-state index is -0.925. The van der Waals surface area contributed by atoms with Crippen molar-refractivity contribution in [2.75, 3.05) is 6.54 Å². The predicted molar refractivity (Wildman–Crippen MR) is 68.8 cm³/mol. The first kappa shape index (κ1) is 14.9. The number of rotatable bonds is 7. The predicted octanol–water partition coefficient (Wildman–Crippen LogP) is 3.51. The fourth-order valence-electron chi connectivity index (χ4n) is 1.74. The molecule has 102 valence electrons. The summed E-state index contributed by atoms with van der Waals surface area (Å²) in [5, 5.41) is 3.30. The van der Waals surface area contributed by atoms with E-state index in [-0.39, 0.29) is 11.9 Å². The zero-order valence-electron chi connectivity index (χ0n) is 11.2. The number of hydrogen-bond donors (Lipinski definition) is 1. The normalized spacial score (nSPS) is 14.3. The zero-order chi connectivity index (χ0) is 13.5. The van der Waals surface area contributed by atoms with Gasteiger partial charge in [-0.25, -0.2) is 4.39 Å². The molecule has 4 heteroatoms. The highest BCUT2D eigenvalue weighted by Gasteiger charge is 2.12. The molecule has 0 radical (unpaired) electrons. The van der Waals surface area contributed by atoms with Crippen LogP contribution in [0.1, 0.15) is 33.6 Å². The number of hydrogen-bond acceptors (Lipinski definition) is 2. The topological polar surface area (TPSA) is 21.3 Å². The van der Waals surface area contributed by atoms with E-state index < -0.39 is 11.6 Å². The number of ether oxygens (including phenoxy) is 1. The summed E-state index contributed by atoms with van der Waals surface area (Å²) in [5.41, 5.74) is 0. The van der Waals surface area contributed by atoms with E-state index in [1.54, 1.807) is 0 Å². The van der Waals surface area contributed by atoms with E-state index >= 15 is 0 Å². The molecule has 0 saturated carbocycles. The minimum absolute atomic E-state index is 0.0348. The van der Waals surface area contributed by atoms with Crippen LogP contribution in [0.5, 0.6) is 5.75 Å². The van der Waals surface area contributed by atoms with Crippen LogP contribution in [0.15, 0.2) is 18.2 Å². The first-order chi connectivity index (χ1) is 8.54. The third-order valence-corrected chi connectivity index (χ3v) is 2.72. The average Bonchev–Trinajstić information content (AvgIpc) is 2.33. The van der Waals surface area contributed by atoms with Gasteiger partial charge in [0.05, 0.1) is 0 Å². The van der Waals surface area contributed by atoms with Gasteiger partial charge in [-0.2, -0.15) is 4.39 Å². The van der Waals surface area contributed by atoms with Crippen LogP contribution in [0.25, 0.3) is 0 Å². The van der Waals surface area contributed by atoms with Crippen molar-refractivity contribution < 1.29 is 13.5 Å². The van der Waals surface area contributed by atoms with E-state index in [1.165, 1.54) is 12.1 Å². The lowest BCUT2D eigenvalue weighted by atomic mass is 10.2. The lowest BCUT2D eigenvalue weighted by Crippen LogP contribution is -2.35. The Morgan fingerprint density at radius 1 is 1.28 bits per heavy atom. The van der Waals surface area contributed by atoms with E-state index in [0.29, 0.717) is 12.6 Å². The van der Waals surface area contributed by atoms with Gasteiger partial charge in [-0.05, 0) is 32.4 Å². The third kappa shape index (κ3) is 4.61. The smallest absolute Gasteiger partial charge is 0.200 e. The van der Waals surface area contributed by atoms with Crippen molar-refractivity contribution in [3.63, 3.8) is 0 Å². The van der Waals surface area contributed by atoms with Crippen molar-refractivity contribution in [2.45, 2.75) is 45.8 Å². The molecular weight excluding hydrogens is 236 g/mol. The Hall–Kier alpha value is -1.16. The molecule has 1 aromatic carbocycles. The number of nitrogens with one attached hydrogen (secondary N) is 1. The van der Waals surface area contributed by atoms with Crippen molar-refractivity contribution in [2.24, 2.45) is 0 Å². The lowest BCUT2D eigenvalue weighted by molar-refractivity contribution is 0.200. The van der Waals surface area contributed by atoms with Gasteiger partial charge in [0.15, 0.2) is 11.6 Å². The number of benzene rings is 1. The van der Waals surface area contributed by atoms with E-state index in [1.807, 2.05) is 6.92 Å². The summed E-state index contributed by atoms with van der Waals surface area (Å²) in [6.45, 7) is 6.66. The second-order valence-electron chi connectivity index (χ2n) is 4.58. The maximum atomic E-state index is 13.4. The summed E-state index contributed by atoms with van der Waals surface area (Å²) in [5.74, 6) is -1.84. The molecule has 1 N–H and O–H groups in total. The number of halogens is 2. The molecule has 0 spiro atoms. The third-order valence-electron chi connectivity index (χ3n) is 2.72. The van der Waals surface area contributed by atoms with E-state index in [2.05, 4.69) is 19.2 Å². The molecule has 0 saturated heterocycles. The second kappa shape index (κ2) is 7.31. The zero-order valence-corrected chi connectivity index (χ0v) is 11.2. The summed E-state index contributed by atoms with van der Waals surface area (Å²) in [6, 6.07) is 4.35. The molecule has 2 nitrogen and oxygen atoms in total. The maximum Gasteiger partial charge on any atom is 0.200 e. The van der Waals surface area contributed by atoms with Crippen molar-refractivity contribution >= 4 is 0 Å². The fraction of sp³-hybridized carbons (Fsp3) is 0.571. The maximum absolute atomic E-state index is 13.4. The molecule has 0 bridgehead atoms. The molecule has 2 atom stereocenters. The van der Waals surface area contributed by atoms with Crippen LogP contribution in [0, 0.1) is 11.6 Å². The van der Waals surface area contributed by atoms with Gasteiger partial charge in [0.25, 0.3) is 0 Å². The molecule has 2 unspecified atom stereocenters. The highest BCUT2D eigenvalue weighted by Crippen LogP contribution is 2.20. The van der Waals surface area contributed by atoms with Gasteiger partial charge < -0.3 is 10.1 Å². The van der Waals surface area contributed by atoms with Gasteiger partial charge in [-0.3, -0.25) is 0 Å². The Balaban J connectivity index is 2.44. The van der Waals surface area contributed by atoms with Crippen molar-refractivity contribution in [3.8, 4) is 5.75 Å². The highest BCUT2D eigenvalue weighted by molar-refractivity contribution is 5.25. The van der Waals surface area contributed by atoms with Gasteiger partial charge >= 0.3 is 0 Å². The van der Waals surface area contributed by atoms with Gasteiger partial charge in [-0.15, -0.1) is 0 Å². The van der Waals surface area contributed by atoms with Crippen LogP contribution in [0.3, 0.4) is 0 Å². The van der Waals surface area contributed by atoms with Crippen LogP contribution in [0.2, 0.25) is 0 Å². The quantitative estimate of drug-likeness (QED) is 0.807. The van der Waals surface area contributed by atoms with Gasteiger partial charge in [0.2, 0.25) is 5.82 Å². The summed E-state index contributed by atoms with van der Waals surface area (Å²) >= 11 is 0. The molecule has 0 aliphatic carbocycles. The molecule has 0 aromatic heterocycles. The Bertz CT molecular complexity index is 371. The largest absolute Gasteiger partial charge is 0.486 e. The molecule has 1 aromatic rings. The molecule has 0 fully saturated rings. The molecule has 18 heavy (non-hydrogen) atoms. The van der Waals surface area contributed by atoms with E-state index in [0.717, 1.165) is 18.9 Å². The summed E-state index contributed by atoms with van der Waals surface area (Å²) in [6.07, 6.45) is 1.99. The molecular formula is C14H21F2NO. The molecule has 0 aliphatic rings. The summed E-state index contributed by atoms with van der Waals surface area (Å²) in [7, 11) is 0. The Kier molecular flexibility index (Phi) is 6.05. The summed E-state index contributed by atoms with van der Waals surface area (Å²) < 4.78 is 31.7. The van der Waals surface area contributed by atoms with Crippen LogP contribution in [0.4, 0.5) is 8.78 Å². The first-order valence-corrected chi connectivity index (χ1v) is 6.38. The average molecular weight is 257 g/mol. The van der Waals surface area contributed by atoms with Crippen LogP contribution in [-0.2, 0) is 0 Å². The van der Waals surface area contributed by atoms with Crippen LogP contribution >= 0.6 is 0 Å². The van der Waals surface area contributed by atoms with Crippen LogP contribution in [-0.4, -0.2) is 18.7 Å². The lowest BCUT2D eigenvalue weighted by Gasteiger charge is -2.19. The monoisotopic (exact) mass is 257 g/mol. The SMILES string of the molecule is CCCC(C)NCC(C)Oc1cccc(F)c1F. The Morgan fingerprint density at radius 3 is 2.67 bits per heavy atom.